The van der Waals surface area contributed by atoms with Crippen LogP contribution in [0.4, 0.5) is 5.69 Å². The number of rotatable bonds is 4. The van der Waals surface area contributed by atoms with Crippen molar-refractivity contribution < 1.29 is 9.90 Å². The molecule has 1 rings (SSSR count). The zero-order valence-corrected chi connectivity index (χ0v) is 8.45. The fraction of sp³-hybridized carbons (Fsp3) is 0.273. The Morgan fingerprint density at radius 1 is 1.60 bits per heavy atom. The molecule has 0 bridgehead atoms. The topological polar surface area (TPSA) is 73.1 Å². The summed E-state index contributed by atoms with van der Waals surface area (Å²) in [5.41, 5.74) is 2.37. The first-order valence-corrected chi connectivity index (χ1v) is 4.60. The molecule has 0 aliphatic heterocycles. The highest BCUT2D eigenvalue weighted by Crippen LogP contribution is 2.14. The van der Waals surface area contributed by atoms with Crippen LogP contribution in [-0.2, 0) is 4.79 Å². The lowest BCUT2D eigenvalue weighted by molar-refractivity contribution is -0.136. The Balaban J connectivity index is 2.60. The van der Waals surface area contributed by atoms with Crippen LogP contribution in [0.3, 0.4) is 0 Å². The van der Waals surface area contributed by atoms with E-state index in [0.29, 0.717) is 12.1 Å². The molecule has 0 radical (unpaired) electrons. The number of aryl methyl sites for hydroxylation is 1. The summed E-state index contributed by atoms with van der Waals surface area (Å²) in [5, 5.41) is 20.1. The van der Waals surface area contributed by atoms with E-state index in [-0.39, 0.29) is 6.42 Å². The highest BCUT2D eigenvalue weighted by molar-refractivity contribution is 5.67. The zero-order valence-electron chi connectivity index (χ0n) is 8.45. The van der Waals surface area contributed by atoms with Gasteiger partial charge in [-0.2, -0.15) is 5.26 Å². The van der Waals surface area contributed by atoms with Gasteiger partial charge in [-0.05, 0) is 30.7 Å². The summed E-state index contributed by atoms with van der Waals surface area (Å²) in [5.74, 6) is -0.826. The molecule has 0 aliphatic rings. The van der Waals surface area contributed by atoms with Gasteiger partial charge in [-0.3, -0.25) is 4.79 Å². The molecule has 0 atom stereocenters. The van der Waals surface area contributed by atoms with E-state index in [1.165, 1.54) is 0 Å². The van der Waals surface area contributed by atoms with Crippen LogP contribution in [0.5, 0.6) is 0 Å². The Hall–Kier alpha value is -2.02. The Kier molecular flexibility index (Phi) is 3.69. The quantitative estimate of drug-likeness (QED) is 0.783. The number of aliphatic carboxylic acids is 1. The van der Waals surface area contributed by atoms with Crippen molar-refractivity contribution in [1.29, 1.82) is 5.26 Å². The van der Waals surface area contributed by atoms with Crippen LogP contribution < -0.4 is 5.32 Å². The molecule has 0 saturated heterocycles. The van der Waals surface area contributed by atoms with Crippen molar-refractivity contribution in [3.8, 4) is 6.07 Å². The van der Waals surface area contributed by atoms with E-state index in [0.717, 1.165) is 11.3 Å². The van der Waals surface area contributed by atoms with Crippen LogP contribution in [0.2, 0.25) is 0 Å². The third kappa shape index (κ3) is 3.31. The number of nitrogens with zero attached hydrogens (tertiary/aromatic N) is 1. The monoisotopic (exact) mass is 204 g/mol. The highest BCUT2D eigenvalue weighted by atomic mass is 16.4. The normalized spacial score (nSPS) is 9.33. The van der Waals surface area contributed by atoms with E-state index < -0.39 is 5.97 Å². The molecule has 2 N–H and O–H groups in total. The standard InChI is InChI=1S/C11H12N2O2/c1-8-6-10(3-2-9(8)7-12)13-5-4-11(14)15/h2-3,6,13H,4-5H2,1H3,(H,14,15). The lowest BCUT2D eigenvalue weighted by Crippen LogP contribution is -2.07. The molecule has 4 nitrogen and oxygen atoms in total. The lowest BCUT2D eigenvalue weighted by Gasteiger charge is -2.06. The summed E-state index contributed by atoms with van der Waals surface area (Å²) in [7, 11) is 0. The van der Waals surface area contributed by atoms with Crippen molar-refractivity contribution in [3.05, 3.63) is 29.3 Å². The van der Waals surface area contributed by atoms with Gasteiger partial charge < -0.3 is 10.4 Å². The maximum atomic E-state index is 10.3. The van der Waals surface area contributed by atoms with E-state index in [4.69, 9.17) is 10.4 Å². The van der Waals surface area contributed by atoms with E-state index in [2.05, 4.69) is 11.4 Å². The van der Waals surface area contributed by atoms with E-state index in [9.17, 15) is 4.79 Å². The smallest absolute Gasteiger partial charge is 0.305 e. The van der Waals surface area contributed by atoms with Crippen LogP contribution in [0.25, 0.3) is 0 Å². The van der Waals surface area contributed by atoms with Crippen LogP contribution in [0.15, 0.2) is 18.2 Å². The maximum absolute atomic E-state index is 10.3. The maximum Gasteiger partial charge on any atom is 0.305 e. The summed E-state index contributed by atoms with van der Waals surface area (Å²) in [6, 6.07) is 7.40. The van der Waals surface area contributed by atoms with Gasteiger partial charge in [0.1, 0.15) is 0 Å². The Bertz CT molecular complexity index is 408. The Morgan fingerprint density at radius 3 is 2.87 bits per heavy atom. The van der Waals surface area contributed by atoms with Gasteiger partial charge in [0.25, 0.3) is 0 Å². The van der Waals surface area contributed by atoms with Crippen molar-refractivity contribution in [2.45, 2.75) is 13.3 Å². The minimum atomic E-state index is -0.826. The van der Waals surface area contributed by atoms with E-state index >= 15 is 0 Å². The molecule has 0 fully saturated rings. The molecule has 15 heavy (non-hydrogen) atoms. The van der Waals surface area contributed by atoms with E-state index in [1.54, 1.807) is 12.1 Å². The molecule has 78 valence electrons. The molecule has 0 unspecified atom stereocenters. The third-order valence-corrected chi connectivity index (χ3v) is 2.01. The predicted octanol–water partition coefficient (Wildman–Crippen LogP) is 1.75. The van der Waals surface area contributed by atoms with Crippen molar-refractivity contribution >= 4 is 11.7 Å². The molecule has 4 heteroatoms. The number of hydrogen-bond donors (Lipinski definition) is 2. The number of hydrogen-bond acceptors (Lipinski definition) is 3. The molecule has 0 spiro atoms. The summed E-state index contributed by atoms with van der Waals surface area (Å²) in [4.78, 5) is 10.3. The summed E-state index contributed by atoms with van der Waals surface area (Å²) in [6.45, 7) is 2.24. The van der Waals surface area contributed by atoms with Gasteiger partial charge in [0.15, 0.2) is 0 Å². The van der Waals surface area contributed by atoms with Gasteiger partial charge in [-0.25, -0.2) is 0 Å². The first kappa shape index (κ1) is 11.1. The number of nitriles is 1. The van der Waals surface area contributed by atoms with Gasteiger partial charge in [0.05, 0.1) is 18.1 Å². The largest absolute Gasteiger partial charge is 0.481 e. The molecular formula is C11H12N2O2. The number of benzene rings is 1. The third-order valence-electron chi connectivity index (χ3n) is 2.01. The van der Waals surface area contributed by atoms with Gasteiger partial charge >= 0.3 is 5.97 Å². The Morgan fingerprint density at radius 2 is 2.33 bits per heavy atom. The van der Waals surface area contributed by atoms with Crippen LogP contribution >= 0.6 is 0 Å². The van der Waals surface area contributed by atoms with Crippen molar-refractivity contribution in [2.75, 3.05) is 11.9 Å². The number of carboxylic acid groups (broad SMARTS) is 1. The average Bonchev–Trinajstić information content (AvgIpc) is 2.17. The molecular weight excluding hydrogens is 192 g/mol. The second kappa shape index (κ2) is 5.01. The van der Waals surface area contributed by atoms with Crippen LogP contribution in [0.1, 0.15) is 17.5 Å². The average molecular weight is 204 g/mol. The second-order valence-electron chi connectivity index (χ2n) is 3.21. The predicted molar refractivity (Wildman–Crippen MR) is 56.6 cm³/mol. The molecule has 0 aliphatic carbocycles. The minimum Gasteiger partial charge on any atom is -0.481 e. The highest BCUT2D eigenvalue weighted by Gasteiger charge is 2.00. The van der Waals surface area contributed by atoms with Crippen LogP contribution in [0, 0.1) is 18.3 Å². The molecule has 1 aromatic carbocycles. The summed E-state index contributed by atoms with van der Waals surface area (Å²) in [6.07, 6.45) is 0.0824. The number of anilines is 1. The molecule has 0 heterocycles. The fourth-order valence-corrected chi connectivity index (χ4v) is 1.21. The Labute approximate surface area is 88.2 Å². The number of nitrogens with one attached hydrogen (secondary N) is 1. The van der Waals surface area contributed by atoms with Crippen LogP contribution in [-0.4, -0.2) is 17.6 Å². The van der Waals surface area contributed by atoms with Crippen molar-refractivity contribution in [2.24, 2.45) is 0 Å². The van der Waals surface area contributed by atoms with E-state index in [1.807, 2.05) is 13.0 Å². The molecule has 0 amide bonds. The SMILES string of the molecule is Cc1cc(NCCC(=O)O)ccc1C#N. The zero-order chi connectivity index (χ0) is 11.3. The second-order valence-corrected chi connectivity index (χ2v) is 3.21. The summed E-state index contributed by atoms with van der Waals surface area (Å²) >= 11 is 0. The van der Waals surface area contributed by atoms with Gasteiger partial charge in [-0.1, -0.05) is 0 Å². The lowest BCUT2D eigenvalue weighted by atomic mass is 10.1. The summed E-state index contributed by atoms with van der Waals surface area (Å²) < 4.78 is 0. The number of carbonyl (C=O) groups is 1. The van der Waals surface area contributed by atoms with Gasteiger partial charge in [0, 0.05) is 12.2 Å². The van der Waals surface area contributed by atoms with Crippen molar-refractivity contribution in [3.63, 3.8) is 0 Å². The first-order valence-electron chi connectivity index (χ1n) is 4.60. The van der Waals surface area contributed by atoms with Gasteiger partial charge in [-0.15, -0.1) is 0 Å². The molecule has 1 aromatic rings. The molecule has 0 aromatic heterocycles. The van der Waals surface area contributed by atoms with Gasteiger partial charge in [0.2, 0.25) is 0 Å². The van der Waals surface area contributed by atoms with Crippen molar-refractivity contribution in [1.82, 2.24) is 0 Å². The molecule has 0 saturated carbocycles. The first-order chi connectivity index (χ1) is 7.13. The minimum absolute atomic E-state index is 0.0824. The fourth-order valence-electron chi connectivity index (χ4n) is 1.21. The number of carboxylic acids is 1.